The lowest BCUT2D eigenvalue weighted by molar-refractivity contribution is 0.0982. The van der Waals surface area contributed by atoms with Crippen molar-refractivity contribution in [3.05, 3.63) is 41.2 Å². The van der Waals surface area contributed by atoms with Crippen LogP contribution in [0.25, 0.3) is 5.69 Å². The number of benzene rings is 1. The van der Waals surface area contributed by atoms with Gasteiger partial charge >= 0.3 is 0 Å². The lowest BCUT2D eigenvalue weighted by Gasteiger charge is -2.07. The summed E-state index contributed by atoms with van der Waals surface area (Å²) >= 11 is 0. The molecule has 106 valence electrons. The Morgan fingerprint density at radius 2 is 2.15 bits per heavy atom. The third-order valence-corrected chi connectivity index (χ3v) is 3.15. The predicted molar refractivity (Wildman–Crippen MR) is 76.1 cm³/mol. The first-order chi connectivity index (χ1) is 9.71. The molecule has 0 unspecified atom stereocenters. The molecule has 0 aliphatic carbocycles. The number of hydrogen-bond acceptors (Lipinski definition) is 4. The fourth-order valence-corrected chi connectivity index (χ4v) is 2.15. The first kappa shape index (κ1) is 14.4. The van der Waals surface area contributed by atoms with Crippen LogP contribution in [0.2, 0.25) is 0 Å². The maximum absolute atomic E-state index is 11.9. The van der Waals surface area contributed by atoms with E-state index in [1.807, 2.05) is 38.1 Å². The molecule has 0 amide bonds. The molecule has 1 heterocycles. The summed E-state index contributed by atoms with van der Waals surface area (Å²) < 4.78 is 6.87. The lowest BCUT2D eigenvalue weighted by atomic mass is 10.1. The molecule has 0 bridgehead atoms. The van der Waals surface area contributed by atoms with Crippen LogP contribution >= 0.6 is 0 Å². The summed E-state index contributed by atoms with van der Waals surface area (Å²) in [7, 11) is 1.66. The molecule has 20 heavy (non-hydrogen) atoms. The summed E-state index contributed by atoms with van der Waals surface area (Å²) in [6, 6.07) is 7.89. The van der Waals surface area contributed by atoms with E-state index in [0.717, 1.165) is 16.9 Å². The SMILES string of the molecule is CCC(=O)c1nnn(-c2cccc(COC)c2)c1CC. The molecule has 0 saturated heterocycles. The van der Waals surface area contributed by atoms with E-state index in [4.69, 9.17) is 4.74 Å². The van der Waals surface area contributed by atoms with Crippen molar-refractivity contribution in [3.63, 3.8) is 0 Å². The molecule has 1 aromatic heterocycles. The Hall–Kier alpha value is -2.01. The maximum atomic E-state index is 11.9. The molecule has 5 heteroatoms. The minimum absolute atomic E-state index is 0.0288. The Balaban J connectivity index is 2.44. The van der Waals surface area contributed by atoms with Crippen molar-refractivity contribution in [1.82, 2.24) is 15.0 Å². The van der Waals surface area contributed by atoms with E-state index in [1.54, 1.807) is 11.8 Å². The van der Waals surface area contributed by atoms with Gasteiger partial charge in [0.1, 0.15) is 0 Å². The highest BCUT2D eigenvalue weighted by molar-refractivity contribution is 5.95. The zero-order valence-electron chi connectivity index (χ0n) is 12.1. The molecule has 0 fully saturated rings. The van der Waals surface area contributed by atoms with Crippen LogP contribution in [-0.2, 0) is 17.8 Å². The van der Waals surface area contributed by atoms with Crippen LogP contribution in [-0.4, -0.2) is 27.9 Å². The number of hydrogen-bond donors (Lipinski definition) is 0. The van der Waals surface area contributed by atoms with Crippen molar-refractivity contribution in [1.29, 1.82) is 0 Å². The summed E-state index contributed by atoms with van der Waals surface area (Å²) in [6.45, 7) is 4.38. The highest BCUT2D eigenvalue weighted by Gasteiger charge is 2.17. The monoisotopic (exact) mass is 273 g/mol. The van der Waals surface area contributed by atoms with Gasteiger partial charge in [0.25, 0.3) is 0 Å². The van der Waals surface area contributed by atoms with Gasteiger partial charge in [-0.05, 0) is 24.1 Å². The normalized spacial score (nSPS) is 10.8. The smallest absolute Gasteiger partial charge is 0.184 e. The summed E-state index contributed by atoms with van der Waals surface area (Å²) in [5, 5.41) is 8.17. The number of ether oxygens (including phenoxy) is 1. The number of nitrogens with zero attached hydrogens (tertiary/aromatic N) is 3. The first-order valence-electron chi connectivity index (χ1n) is 6.77. The largest absolute Gasteiger partial charge is 0.380 e. The van der Waals surface area contributed by atoms with Crippen molar-refractivity contribution in [2.75, 3.05) is 7.11 Å². The second kappa shape index (κ2) is 6.43. The molecule has 0 atom stereocenters. The van der Waals surface area contributed by atoms with Crippen LogP contribution in [0.4, 0.5) is 0 Å². The van der Waals surface area contributed by atoms with E-state index in [2.05, 4.69) is 10.3 Å². The second-order valence-corrected chi connectivity index (χ2v) is 4.53. The van der Waals surface area contributed by atoms with Gasteiger partial charge in [-0.25, -0.2) is 4.68 Å². The van der Waals surface area contributed by atoms with E-state index in [0.29, 0.717) is 25.1 Å². The fourth-order valence-electron chi connectivity index (χ4n) is 2.15. The third-order valence-electron chi connectivity index (χ3n) is 3.15. The van der Waals surface area contributed by atoms with E-state index in [1.165, 1.54) is 0 Å². The topological polar surface area (TPSA) is 57.0 Å². The van der Waals surface area contributed by atoms with E-state index in [9.17, 15) is 4.79 Å². The number of methoxy groups -OCH3 is 1. The lowest BCUT2D eigenvalue weighted by Crippen LogP contribution is -2.06. The molecule has 0 saturated carbocycles. The van der Waals surface area contributed by atoms with Crippen LogP contribution in [0.15, 0.2) is 24.3 Å². The van der Waals surface area contributed by atoms with Crippen molar-refractivity contribution in [2.24, 2.45) is 0 Å². The molecule has 0 radical (unpaired) electrons. The molecular formula is C15H19N3O2. The number of Topliss-reactive ketones (excluding diaryl/α,β-unsaturated/α-hetero) is 1. The Kier molecular flexibility index (Phi) is 4.63. The summed E-state index contributed by atoms with van der Waals surface area (Å²) in [5.41, 5.74) is 3.29. The Bertz CT molecular complexity index is 605. The van der Waals surface area contributed by atoms with Gasteiger partial charge in [0.2, 0.25) is 0 Å². The van der Waals surface area contributed by atoms with E-state index in [-0.39, 0.29) is 5.78 Å². The quantitative estimate of drug-likeness (QED) is 0.759. The average Bonchev–Trinajstić information content (AvgIpc) is 2.91. The van der Waals surface area contributed by atoms with Crippen LogP contribution in [0.5, 0.6) is 0 Å². The van der Waals surface area contributed by atoms with Crippen molar-refractivity contribution in [3.8, 4) is 5.69 Å². The van der Waals surface area contributed by atoms with Crippen molar-refractivity contribution in [2.45, 2.75) is 33.3 Å². The third kappa shape index (κ3) is 2.77. The van der Waals surface area contributed by atoms with Gasteiger partial charge in [0, 0.05) is 13.5 Å². The summed E-state index contributed by atoms with van der Waals surface area (Å²) in [5.74, 6) is 0.0288. The number of rotatable bonds is 6. The predicted octanol–water partition coefficient (Wildman–Crippen LogP) is 2.57. The second-order valence-electron chi connectivity index (χ2n) is 4.53. The minimum atomic E-state index is 0.0288. The van der Waals surface area contributed by atoms with Gasteiger partial charge in [-0.15, -0.1) is 5.10 Å². The number of aromatic nitrogens is 3. The molecule has 0 N–H and O–H groups in total. The van der Waals surface area contributed by atoms with Gasteiger partial charge < -0.3 is 4.74 Å². The molecule has 0 aliphatic heterocycles. The number of carbonyl (C=O) groups excluding carboxylic acids is 1. The Labute approximate surface area is 118 Å². The zero-order chi connectivity index (χ0) is 14.5. The van der Waals surface area contributed by atoms with Crippen molar-refractivity contribution >= 4 is 5.78 Å². The summed E-state index contributed by atoms with van der Waals surface area (Å²) in [6.07, 6.45) is 1.15. The highest BCUT2D eigenvalue weighted by Crippen LogP contribution is 2.16. The molecular weight excluding hydrogens is 254 g/mol. The van der Waals surface area contributed by atoms with Crippen LogP contribution < -0.4 is 0 Å². The minimum Gasteiger partial charge on any atom is -0.380 e. The summed E-state index contributed by atoms with van der Waals surface area (Å²) in [4.78, 5) is 11.9. The molecule has 2 aromatic rings. The highest BCUT2D eigenvalue weighted by atomic mass is 16.5. The van der Waals surface area contributed by atoms with Gasteiger partial charge in [-0.2, -0.15) is 0 Å². The van der Waals surface area contributed by atoms with E-state index < -0.39 is 0 Å². The number of carbonyl (C=O) groups is 1. The van der Waals surface area contributed by atoms with E-state index >= 15 is 0 Å². The number of ketones is 1. The van der Waals surface area contributed by atoms with Gasteiger partial charge in [0.15, 0.2) is 11.5 Å². The standard InChI is InChI=1S/C15H19N3O2/c1-4-13-15(14(19)5-2)16-17-18(13)12-8-6-7-11(9-12)10-20-3/h6-9H,4-5,10H2,1-3H3. The Morgan fingerprint density at radius 3 is 2.80 bits per heavy atom. The van der Waals surface area contributed by atoms with Crippen LogP contribution in [0.1, 0.15) is 42.0 Å². The van der Waals surface area contributed by atoms with Gasteiger partial charge in [0.05, 0.1) is 18.0 Å². The maximum Gasteiger partial charge on any atom is 0.184 e. The van der Waals surface area contributed by atoms with Crippen LogP contribution in [0.3, 0.4) is 0 Å². The molecule has 5 nitrogen and oxygen atoms in total. The van der Waals surface area contributed by atoms with Gasteiger partial charge in [-0.1, -0.05) is 31.2 Å². The molecule has 1 aromatic carbocycles. The molecule has 0 spiro atoms. The average molecular weight is 273 g/mol. The first-order valence-corrected chi connectivity index (χ1v) is 6.77. The van der Waals surface area contributed by atoms with Crippen LogP contribution in [0, 0.1) is 0 Å². The molecule has 2 rings (SSSR count). The van der Waals surface area contributed by atoms with Crippen molar-refractivity contribution < 1.29 is 9.53 Å². The van der Waals surface area contributed by atoms with Gasteiger partial charge in [-0.3, -0.25) is 4.79 Å². The molecule has 0 aliphatic rings. The fraction of sp³-hybridized carbons (Fsp3) is 0.400. The zero-order valence-corrected chi connectivity index (χ0v) is 12.1. The Morgan fingerprint density at radius 1 is 1.35 bits per heavy atom.